The van der Waals surface area contributed by atoms with Crippen LogP contribution < -0.4 is 5.32 Å². The molecule has 20 heavy (non-hydrogen) atoms. The number of rotatable bonds is 4. The molecule has 4 heteroatoms. The summed E-state index contributed by atoms with van der Waals surface area (Å²) in [6.07, 6.45) is 0. The van der Waals surface area contributed by atoms with Gasteiger partial charge in [0.1, 0.15) is 5.75 Å². The fourth-order valence-electron chi connectivity index (χ4n) is 1.96. The van der Waals surface area contributed by atoms with Crippen molar-refractivity contribution >= 4 is 21.8 Å². The topological polar surface area (TPSA) is 49.3 Å². The first-order valence-electron chi connectivity index (χ1n) is 6.35. The number of carbonyl (C=O) groups is 1. The smallest absolute Gasteiger partial charge is 0.251 e. The number of hydrogen-bond acceptors (Lipinski definition) is 2. The molecule has 0 spiro atoms. The normalized spacial score (nSPS) is 11.9. The molecular weight excluding hydrogens is 318 g/mol. The molecule has 1 unspecified atom stereocenters. The van der Waals surface area contributed by atoms with Crippen molar-refractivity contribution in [2.45, 2.75) is 11.8 Å². The molecule has 0 aliphatic carbocycles. The van der Waals surface area contributed by atoms with E-state index in [0.717, 1.165) is 11.1 Å². The molecule has 0 saturated carbocycles. The van der Waals surface area contributed by atoms with Crippen molar-refractivity contribution in [3.8, 4) is 5.75 Å². The maximum absolute atomic E-state index is 12.1. The second-order valence-electron chi connectivity index (χ2n) is 4.59. The quantitative estimate of drug-likeness (QED) is 0.840. The Kier molecular flexibility index (Phi) is 4.79. The van der Waals surface area contributed by atoms with E-state index in [9.17, 15) is 9.90 Å². The lowest BCUT2D eigenvalue weighted by Gasteiger charge is -2.12. The predicted molar refractivity (Wildman–Crippen MR) is 83.3 cm³/mol. The van der Waals surface area contributed by atoms with E-state index in [1.807, 2.05) is 30.3 Å². The lowest BCUT2D eigenvalue weighted by molar-refractivity contribution is 0.0953. The van der Waals surface area contributed by atoms with Crippen molar-refractivity contribution in [3.05, 3.63) is 65.2 Å². The van der Waals surface area contributed by atoms with Crippen LogP contribution in [0.5, 0.6) is 5.75 Å². The van der Waals surface area contributed by atoms with Gasteiger partial charge in [-0.05, 0) is 36.2 Å². The number of amides is 1. The molecule has 3 nitrogen and oxygen atoms in total. The van der Waals surface area contributed by atoms with Crippen LogP contribution in [0.1, 0.15) is 26.3 Å². The van der Waals surface area contributed by atoms with Crippen molar-refractivity contribution in [1.82, 2.24) is 5.32 Å². The Morgan fingerprint density at radius 1 is 1.25 bits per heavy atom. The van der Waals surface area contributed by atoms with Gasteiger partial charge in [-0.2, -0.15) is 0 Å². The number of phenols is 1. The van der Waals surface area contributed by atoms with E-state index in [2.05, 4.69) is 21.2 Å². The highest BCUT2D eigenvalue weighted by atomic mass is 79.9. The minimum atomic E-state index is -0.136. The first-order chi connectivity index (χ1) is 9.58. The molecule has 2 aromatic carbocycles. The number of benzene rings is 2. The summed E-state index contributed by atoms with van der Waals surface area (Å²) in [6, 6.07) is 14.6. The molecule has 1 amide bonds. The van der Waals surface area contributed by atoms with Gasteiger partial charge in [-0.25, -0.2) is 0 Å². The number of aryl methyl sites for hydroxylation is 1. The Morgan fingerprint density at radius 2 is 1.95 bits per heavy atom. The van der Waals surface area contributed by atoms with Crippen LogP contribution in [0.4, 0.5) is 0 Å². The van der Waals surface area contributed by atoms with Crippen LogP contribution in [0.15, 0.2) is 48.5 Å². The Hall–Kier alpha value is -1.81. The number of halogens is 1. The average molecular weight is 334 g/mol. The summed E-state index contributed by atoms with van der Waals surface area (Å²) in [5.74, 6) is 0.0320. The summed E-state index contributed by atoms with van der Waals surface area (Å²) in [5.41, 5.74) is 2.46. The largest absolute Gasteiger partial charge is 0.508 e. The zero-order valence-electron chi connectivity index (χ0n) is 11.1. The van der Waals surface area contributed by atoms with Crippen molar-refractivity contribution < 1.29 is 9.90 Å². The Balaban J connectivity index is 1.99. The first kappa shape index (κ1) is 14.6. The van der Waals surface area contributed by atoms with Gasteiger partial charge in [0.2, 0.25) is 0 Å². The Bertz CT molecular complexity index is 599. The zero-order chi connectivity index (χ0) is 14.5. The summed E-state index contributed by atoms with van der Waals surface area (Å²) < 4.78 is 0. The molecule has 0 bridgehead atoms. The molecule has 0 saturated heterocycles. The van der Waals surface area contributed by atoms with Gasteiger partial charge in [-0.15, -0.1) is 0 Å². The van der Waals surface area contributed by atoms with Crippen molar-refractivity contribution in [3.63, 3.8) is 0 Å². The average Bonchev–Trinajstić information content (AvgIpc) is 2.45. The second-order valence-corrected chi connectivity index (χ2v) is 5.69. The van der Waals surface area contributed by atoms with E-state index in [0.29, 0.717) is 12.1 Å². The molecule has 104 valence electrons. The fraction of sp³-hybridized carbons (Fsp3) is 0.188. The highest BCUT2D eigenvalue weighted by Crippen LogP contribution is 2.21. The number of nitrogens with one attached hydrogen (secondary N) is 1. The summed E-state index contributed by atoms with van der Waals surface area (Å²) in [7, 11) is 0. The maximum Gasteiger partial charge on any atom is 0.251 e. The van der Waals surface area contributed by atoms with Gasteiger partial charge in [0.05, 0.1) is 4.83 Å². The molecule has 0 radical (unpaired) electrons. The number of aromatic hydroxyl groups is 1. The summed E-state index contributed by atoms with van der Waals surface area (Å²) >= 11 is 3.56. The number of alkyl halides is 1. The summed E-state index contributed by atoms with van der Waals surface area (Å²) in [5, 5.41) is 12.2. The maximum atomic E-state index is 12.1. The van der Waals surface area contributed by atoms with Crippen molar-refractivity contribution in [2.75, 3.05) is 6.54 Å². The Labute approximate surface area is 126 Å². The molecule has 0 aliphatic heterocycles. The minimum absolute atomic E-state index is 0.0741. The molecular formula is C16H16BrNO2. The van der Waals surface area contributed by atoms with Crippen LogP contribution in [0.25, 0.3) is 0 Å². The van der Waals surface area contributed by atoms with Crippen molar-refractivity contribution in [2.24, 2.45) is 0 Å². The molecule has 0 heterocycles. The van der Waals surface area contributed by atoms with Gasteiger partial charge in [0, 0.05) is 12.1 Å². The summed E-state index contributed by atoms with van der Waals surface area (Å²) in [6.45, 7) is 2.31. The van der Waals surface area contributed by atoms with E-state index in [-0.39, 0.29) is 16.5 Å². The third-order valence-corrected chi connectivity index (χ3v) is 3.91. The van der Waals surface area contributed by atoms with Gasteiger partial charge >= 0.3 is 0 Å². The Morgan fingerprint density at radius 3 is 2.60 bits per heavy atom. The fourth-order valence-corrected chi connectivity index (χ4v) is 2.43. The van der Waals surface area contributed by atoms with E-state index in [1.54, 1.807) is 19.1 Å². The minimum Gasteiger partial charge on any atom is -0.508 e. The standard InChI is InChI=1S/C16H16BrNO2/c1-11-9-13(19)7-8-14(11)16(20)18-10-15(17)12-5-3-2-4-6-12/h2-9,15,19H,10H2,1H3,(H,18,20). The first-order valence-corrected chi connectivity index (χ1v) is 7.26. The highest BCUT2D eigenvalue weighted by molar-refractivity contribution is 9.09. The SMILES string of the molecule is Cc1cc(O)ccc1C(=O)NCC(Br)c1ccccc1. The zero-order valence-corrected chi connectivity index (χ0v) is 12.7. The van der Waals surface area contributed by atoms with Crippen LogP contribution in [-0.2, 0) is 0 Å². The number of phenolic OH excluding ortho intramolecular Hbond substituents is 1. The van der Waals surface area contributed by atoms with E-state index < -0.39 is 0 Å². The third-order valence-electron chi connectivity index (χ3n) is 3.06. The van der Waals surface area contributed by atoms with E-state index in [4.69, 9.17) is 0 Å². The number of hydrogen-bond donors (Lipinski definition) is 2. The molecule has 2 aromatic rings. The lowest BCUT2D eigenvalue weighted by atomic mass is 10.1. The monoisotopic (exact) mass is 333 g/mol. The summed E-state index contributed by atoms with van der Waals surface area (Å²) in [4.78, 5) is 12.2. The van der Waals surface area contributed by atoms with E-state index in [1.165, 1.54) is 6.07 Å². The van der Waals surface area contributed by atoms with Crippen LogP contribution in [-0.4, -0.2) is 17.6 Å². The van der Waals surface area contributed by atoms with Crippen LogP contribution in [0.2, 0.25) is 0 Å². The van der Waals surface area contributed by atoms with Gasteiger partial charge < -0.3 is 10.4 Å². The second kappa shape index (κ2) is 6.57. The van der Waals surface area contributed by atoms with Crippen LogP contribution in [0, 0.1) is 6.92 Å². The molecule has 2 N–H and O–H groups in total. The van der Waals surface area contributed by atoms with Gasteiger partial charge in [-0.1, -0.05) is 46.3 Å². The van der Waals surface area contributed by atoms with E-state index >= 15 is 0 Å². The van der Waals surface area contributed by atoms with Gasteiger partial charge in [-0.3, -0.25) is 4.79 Å². The van der Waals surface area contributed by atoms with Crippen LogP contribution in [0.3, 0.4) is 0 Å². The highest BCUT2D eigenvalue weighted by Gasteiger charge is 2.12. The molecule has 0 aromatic heterocycles. The molecule has 2 rings (SSSR count). The molecule has 1 atom stereocenters. The molecule has 0 fully saturated rings. The van der Waals surface area contributed by atoms with Crippen molar-refractivity contribution in [1.29, 1.82) is 0 Å². The molecule has 0 aliphatic rings. The third kappa shape index (κ3) is 3.61. The van der Waals surface area contributed by atoms with Gasteiger partial charge in [0.15, 0.2) is 0 Å². The van der Waals surface area contributed by atoms with Gasteiger partial charge in [0.25, 0.3) is 5.91 Å². The lowest BCUT2D eigenvalue weighted by Crippen LogP contribution is -2.27. The predicted octanol–water partition coefficient (Wildman–Crippen LogP) is 3.57. The number of carbonyl (C=O) groups excluding carboxylic acids is 1. The van der Waals surface area contributed by atoms with Crippen LogP contribution >= 0.6 is 15.9 Å².